The number of aryl methyl sites for hydroxylation is 1. The van der Waals surface area contributed by atoms with E-state index in [1.807, 2.05) is 0 Å². The third-order valence-corrected chi connectivity index (χ3v) is 10.6. The standard InChI is InChI=1S/C44H33N3/c1-2-13-31-28(11-1)12-9-19-32(31)39-27-45-42(37-18-6-5-16-35(37)39)29-23-25-30(26-24-29)44-46-40-21-10-20-38-34-15-4-3-14-33(34)36-17-7-8-22-41(36)47(44)43(38)40/h2-10,12-27,33-34,44,46H,1,11H2. The molecule has 0 bridgehead atoms. The average Bonchev–Trinajstić information content (AvgIpc) is 3.48. The average molecular weight is 604 g/mol. The van der Waals surface area contributed by atoms with Crippen molar-refractivity contribution in [3.8, 4) is 22.4 Å². The Bertz CT molecular complexity index is 2310. The lowest BCUT2D eigenvalue weighted by Gasteiger charge is -2.29. The normalized spacial score (nSPS) is 19.8. The minimum Gasteiger partial charge on any atom is -0.359 e. The molecule has 0 fully saturated rings. The maximum atomic E-state index is 5.13. The highest BCUT2D eigenvalue weighted by molar-refractivity contribution is 6.04. The number of anilines is 3. The molecule has 5 aromatic carbocycles. The zero-order chi connectivity index (χ0) is 30.9. The van der Waals surface area contributed by atoms with Gasteiger partial charge in [0.1, 0.15) is 6.17 Å². The van der Waals surface area contributed by atoms with Gasteiger partial charge in [-0.15, -0.1) is 0 Å². The second-order valence-corrected chi connectivity index (χ2v) is 13.0. The number of nitrogens with one attached hydrogen (secondary N) is 1. The van der Waals surface area contributed by atoms with E-state index in [1.165, 1.54) is 66.8 Å². The van der Waals surface area contributed by atoms with Crippen LogP contribution in [-0.4, -0.2) is 4.98 Å². The van der Waals surface area contributed by atoms with Crippen molar-refractivity contribution in [2.45, 2.75) is 30.8 Å². The first-order valence-electron chi connectivity index (χ1n) is 16.7. The monoisotopic (exact) mass is 603 g/mol. The van der Waals surface area contributed by atoms with Gasteiger partial charge in [-0.25, -0.2) is 0 Å². The Kier molecular flexibility index (Phi) is 5.89. The van der Waals surface area contributed by atoms with Gasteiger partial charge in [-0.05, 0) is 63.7 Å². The van der Waals surface area contributed by atoms with Crippen molar-refractivity contribution in [1.82, 2.24) is 4.98 Å². The summed E-state index contributed by atoms with van der Waals surface area (Å²) in [4.78, 5) is 7.67. The van der Waals surface area contributed by atoms with E-state index in [0.29, 0.717) is 11.8 Å². The number of para-hydroxylation sites is 2. The van der Waals surface area contributed by atoms with E-state index in [2.05, 4.69) is 162 Å². The number of pyridine rings is 1. The van der Waals surface area contributed by atoms with Gasteiger partial charge in [0.2, 0.25) is 0 Å². The molecule has 1 N–H and O–H groups in total. The molecule has 3 nitrogen and oxygen atoms in total. The van der Waals surface area contributed by atoms with Gasteiger partial charge in [0.05, 0.1) is 17.1 Å². The number of hydrogen-bond donors (Lipinski definition) is 1. The second kappa shape index (κ2) is 10.4. The molecule has 0 saturated carbocycles. The smallest absolute Gasteiger partial charge is 0.130 e. The number of allylic oxidation sites excluding steroid dienone is 5. The molecule has 224 valence electrons. The van der Waals surface area contributed by atoms with Crippen LogP contribution >= 0.6 is 0 Å². The molecular formula is C44H33N3. The number of hydrogen-bond acceptors (Lipinski definition) is 3. The van der Waals surface area contributed by atoms with E-state index in [-0.39, 0.29) is 6.17 Å². The van der Waals surface area contributed by atoms with E-state index in [9.17, 15) is 0 Å². The lowest BCUT2D eigenvalue weighted by atomic mass is 9.79. The summed E-state index contributed by atoms with van der Waals surface area (Å²) in [5, 5.41) is 6.31. The highest BCUT2D eigenvalue weighted by Gasteiger charge is 2.40. The van der Waals surface area contributed by atoms with Gasteiger partial charge >= 0.3 is 0 Å². The highest BCUT2D eigenvalue weighted by Crippen LogP contribution is 2.57. The molecule has 4 aliphatic rings. The summed E-state index contributed by atoms with van der Waals surface area (Å²) in [6, 6.07) is 40.2. The largest absolute Gasteiger partial charge is 0.359 e. The molecule has 1 aromatic heterocycles. The first kappa shape index (κ1) is 26.5. The molecule has 6 aromatic rings. The zero-order valence-electron chi connectivity index (χ0n) is 26.0. The summed E-state index contributed by atoms with van der Waals surface area (Å²) in [6.45, 7) is 0. The van der Waals surface area contributed by atoms with Gasteiger partial charge in [0, 0.05) is 40.2 Å². The minimum atomic E-state index is -0.0150. The first-order valence-corrected chi connectivity index (χ1v) is 16.7. The second-order valence-electron chi connectivity index (χ2n) is 13.0. The van der Waals surface area contributed by atoms with Gasteiger partial charge in [-0.3, -0.25) is 4.98 Å². The summed E-state index contributed by atoms with van der Waals surface area (Å²) in [6.07, 6.45) is 18.0. The van der Waals surface area contributed by atoms with Crippen LogP contribution in [0.1, 0.15) is 52.2 Å². The van der Waals surface area contributed by atoms with Gasteiger partial charge in [-0.1, -0.05) is 134 Å². The number of rotatable bonds is 3. The van der Waals surface area contributed by atoms with E-state index in [4.69, 9.17) is 4.98 Å². The lowest BCUT2D eigenvalue weighted by Crippen LogP contribution is -2.24. The maximum absolute atomic E-state index is 5.13. The van der Waals surface area contributed by atoms with Crippen LogP contribution in [0.2, 0.25) is 0 Å². The molecule has 3 unspecified atom stereocenters. The number of fused-ring (bicyclic) bond motifs is 7. The quantitative estimate of drug-likeness (QED) is 0.218. The van der Waals surface area contributed by atoms with Crippen LogP contribution in [0.5, 0.6) is 0 Å². The Balaban J connectivity index is 1.06. The molecule has 47 heavy (non-hydrogen) atoms. The van der Waals surface area contributed by atoms with Crippen molar-refractivity contribution < 1.29 is 0 Å². The highest BCUT2D eigenvalue weighted by atomic mass is 15.3. The van der Waals surface area contributed by atoms with Crippen LogP contribution in [0, 0.1) is 0 Å². The maximum Gasteiger partial charge on any atom is 0.130 e. The molecule has 0 spiro atoms. The molecule has 2 aliphatic carbocycles. The van der Waals surface area contributed by atoms with Crippen LogP contribution in [0.3, 0.4) is 0 Å². The van der Waals surface area contributed by atoms with Crippen molar-refractivity contribution in [3.05, 3.63) is 174 Å². The van der Waals surface area contributed by atoms with E-state index in [0.717, 1.165) is 24.1 Å². The van der Waals surface area contributed by atoms with Crippen LogP contribution in [0.25, 0.3) is 39.2 Å². The third-order valence-electron chi connectivity index (χ3n) is 10.6. The van der Waals surface area contributed by atoms with Crippen molar-refractivity contribution in [3.63, 3.8) is 0 Å². The van der Waals surface area contributed by atoms with Gasteiger partial charge in [-0.2, -0.15) is 0 Å². The van der Waals surface area contributed by atoms with Crippen molar-refractivity contribution >= 4 is 33.9 Å². The van der Waals surface area contributed by atoms with Crippen LogP contribution < -0.4 is 10.2 Å². The molecule has 2 aliphatic heterocycles. The number of aromatic nitrogens is 1. The van der Waals surface area contributed by atoms with E-state index < -0.39 is 0 Å². The van der Waals surface area contributed by atoms with Gasteiger partial charge in [0.15, 0.2) is 0 Å². The molecule has 0 amide bonds. The van der Waals surface area contributed by atoms with E-state index >= 15 is 0 Å². The van der Waals surface area contributed by atoms with Gasteiger partial charge < -0.3 is 10.2 Å². The Morgan fingerprint density at radius 2 is 1.45 bits per heavy atom. The Hall–Kier alpha value is -5.67. The molecule has 0 radical (unpaired) electrons. The molecule has 3 heterocycles. The SMILES string of the molecule is C1=CC2c3ccccc3N3c4c(cccc4C2C=C1)NC3c1ccc(-c2ncc(-c3cccc4c3C=CCC4)c3ccccc23)cc1. The fourth-order valence-electron chi connectivity index (χ4n) is 8.40. The van der Waals surface area contributed by atoms with Crippen LogP contribution in [0.4, 0.5) is 17.1 Å². The summed E-state index contributed by atoms with van der Waals surface area (Å²) in [7, 11) is 0. The van der Waals surface area contributed by atoms with Crippen LogP contribution in [0.15, 0.2) is 146 Å². The fraction of sp³-hybridized carbons (Fsp3) is 0.114. The van der Waals surface area contributed by atoms with Crippen molar-refractivity contribution in [2.75, 3.05) is 10.2 Å². The third kappa shape index (κ3) is 4.03. The molecule has 0 saturated heterocycles. The van der Waals surface area contributed by atoms with Gasteiger partial charge in [0.25, 0.3) is 0 Å². The van der Waals surface area contributed by atoms with E-state index in [1.54, 1.807) is 0 Å². The lowest BCUT2D eigenvalue weighted by molar-refractivity contribution is 0.739. The molecule has 10 rings (SSSR count). The molecule has 3 heteroatoms. The Morgan fingerprint density at radius 3 is 2.34 bits per heavy atom. The fourth-order valence-corrected chi connectivity index (χ4v) is 8.40. The topological polar surface area (TPSA) is 28.2 Å². The Labute approximate surface area is 275 Å². The molecule has 3 atom stereocenters. The summed E-state index contributed by atoms with van der Waals surface area (Å²) >= 11 is 0. The molecular weight excluding hydrogens is 571 g/mol. The zero-order valence-corrected chi connectivity index (χ0v) is 26.0. The van der Waals surface area contributed by atoms with Crippen molar-refractivity contribution in [2.24, 2.45) is 0 Å². The van der Waals surface area contributed by atoms with Crippen LogP contribution in [-0.2, 0) is 6.42 Å². The van der Waals surface area contributed by atoms with Crippen molar-refractivity contribution in [1.29, 1.82) is 0 Å². The predicted octanol–water partition coefficient (Wildman–Crippen LogP) is 11.1. The summed E-state index contributed by atoms with van der Waals surface area (Å²) in [5.41, 5.74) is 15.1. The minimum absolute atomic E-state index is 0.0150. The summed E-state index contributed by atoms with van der Waals surface area (Å²) < 4.78 is 0. The first-order chi connectivity index (χ1) is 23.3. The predicted molar refractivity (Wildman–Crippen MR) is 195 cm³/mol. The number of benzene rings is 5. The summed E-state index contributed by atoms with van der Waals surface area (Å²) in [5.74, 6) is 0.625. The number of nitrogens with zero attached hydrogens (tertiary/aromatic N) is 2. The Morgan fingerprint density at radius 1 is 0.681 bits per heavy atom.